The molecule has 2 N–H and O–H groups in total. The van der Waals surface area contributed by atoms with Crippen LogP contribution in [0.4, 0.5) is 0 Å². The van der Waals surface area contributed by atoms with Crippen molar-refractivity contribution in [2.75, 3.05) is 6.61 Å². The van der Waals surface area contributed by atoms with Gasteiger partial charge in [0.25, 0.3) is 0 Å². The van der Waals surface area contributed by atoms with E-state index in [9.17, 15) is 4.79 Å². The van der Waals surface area contributed by atoms with E-state index in [0.29, 0.717) is 13.0 Å². The fourth-order valence-corrected chi connectivity index (χ4v) is 2.59. The lowest BCUT2D eigenvalue weighted by molar-refractivity contribution is -0.143. The molecule has 0 saturated heterocycles. The third-order valence-electron chi connectivity index (χ3n) is 3.28. The summed E-state index contributed by atoms with van der Waals surface area (Å²) in [6.07, 6.45) is 2.23. The average molecular weight is 233 g/mol. The highest BCUT2D eigenvalue weighted by atomic mass is 16.5. The topological polar surface area (TPSA) is 52.3 Å². The standard InChI is InChI=1S/C14H19NO2/c1-2-17-14(16)9-11-8-12(15)7-10-5-3-4-6-13(10)11/h3-6,11-12H,2,7-9,15H2,1H3/t11-,12-/m1/s1. The molecule has 0 heterocycles. The van der Waals surface area contributed by atoms with Crippen LogP contribution < -0.4 is 5.73 Å². The van der Waals surface area contributed by atoms with Crippen LogP contribution >= 0.6 is 0 Å². The van der Waals surface area contributed by atoms with Gasteiger partial charge in [-0.25, -0.2) is 0 Å². The molecule has 1 aliphatic carbocycles. The molecule has 1 aliphatic rings. The zero-order valence-corrected chi connectivity index (χ0v) is 10.2. The summed E-state index contributed by atoms with van der Waals surface area (Å²) in [6, 6.07) is 8.41. The van der Waals surface area contributed by atoms with E-state index in [1.165, 1.54) is 11.1 Å². The van der Waals surface area contributed by atoms with Crippen molar-refractivity contribution in [2.45, 2.75) is 38.1 Å². The van der Waals surface area contributed by atoms with Crippen LogP contribution in [0.25, 0.3) is 0 Å². The Hall–Kier alpha value is -1.35. The normalized spacial score (nSPS) is 22.9. The molecule has 0 aliphatic heterocycles. The summed E-state index contributed by atoms with van der Waals surface area (Å²) in [7, 11) is 0. The molecule has 0 fully saturated rings. The molecule has 0 bridgehead atoms. The van der Waals surface area contributed by atoms with Gasteiger partial charge in [-0.2, -0.15) is 0 Å². The monoisotopic (exact) mass is 233 g/mol. The highest BCUT2D eigenvalue weighted by molar-refractivity contribution is 5.70. The van der Waals surface area contributed by atoms with Gasteiger partial charge in [-0.05, 0) is 36.8 Å². The summed E-state index contributed by atoms with van der Waals surface area (Å²) in [5, 5.41) is 0. The maximum atomic E-state index is 11.6. The van der Waals surface area contributed by atoms with Gasteiger partial charge in [0, 0.05) is 6.04 Å². The van der Waals surface area contributed by atoms with Crippen LogP contribution in [0.2, 0.25) is 0 Å². The van der Waals surface area contributed by atoms with E-state index in [1.807, 2.05) is 19.1 Å². The van der Waals surface area contributed by atoms with Gasteiger partial charge in [0.1, 0.15) is 0 Å². The van der Waals surface area contributed by atoms with Crippen molar-refractivity contribution in [3.63, 3.8) is 0 Å². The molecule has 0 spiro atoms. The first-order valence-corrected chi connectivity index (χ1v) is 6.19. The van der Waals surface area contributed by atoms with Crippen molar-refractivity contribution in [3.8, 4) is 0 Å². The molecule has 3 nitrogen and oxygen atoms in total. The molecule has 1 aromatic rings. The summed E-state index contributed by atoms with van der Waals surface area (Å²) in [6.45, 7) is 2.28. The molecule has 17 heavy (non-hydrogen) atoms. The Bertz CT molecular complexity index is 403. The van der Waals surface area contributed by atoms with Crippen LogP contribution in [0.5, 0.6) is 0 Å². The third-order valence-corrected chi connectivity index (χ3v) is 3.28. The summed E-state index contributed by atoms with van der Waals surface area (Å²) >= 11 is 0. The van der Waals surface area contributed by atoms with E-state index in [4.69, 9.17) is 10.5 Å². The Labute approximate surface area is 102 Å². The zero-order chi connectivity index (χ0) is 12.3. The van der Waals surface area contributed by atoms with Crippen molar-refractivity contribution in [1.29, 1.82) is 0 Å². The number of hydrogen-bond donors (Lipinski definition) is 1. The van der Waals surface area contributed by atoms with Crippen LogP contribution in [-0.2, 0) is 16.0 Å². The Morgan fingerprint density at radius 2 is 2.24 bits per heavy atom. The number of fused-ring (bicyclic) bond motifs is 1. The van der Waals surface area contributed by atoms with E-state index in [1.54, 1.807) is 0 Å². The first-order chi connectivity index (χ1) is 8.20. The van der Waals surface area contributed by atoms with Crippen LogP contribution in [0.3, 0.4) is 0 Å². The van der Waals surface area contributed by atoms with E-state index in [2.05, 4.69) is 12.1 Å². The SMILES string of the molecule is CCOC(=O)C[C@H]1C[C@H](N)Cc2ccccc21. The number of nitrogens with two attached hydrogens (primary N) is 1. The van der Waals surface area contributed by atoms with E-state index in [-0.39, 0.29) is 17.9 Å². The molecule has 0 amide bonds. The van der Waals surface area contributed by atoms with Crippen LogP contribution in [0, 0.1) is 0 Å². The minimum Gasteiger partial charge on any atom is -0.466 e. The molecular formula is C14H19NO2. The summed E-state index contributed by atoms with van der Waals surface area (Å²) in [5.41, 5.74) is 8.58. The molecule has 0 aromatic heterocycles. The van der Waals surface area contributed by atoms with Gasteiger partial charge in [-0.15, -0.1) is 0 Å². The lowest BCUT2D eigenvalue weighted by Crippen LogP contribution is -2.31. The van der Waals surface area contributed by atoms with Gasteiger partial charge in [-0.3, -0.25) is 4.79 Å². The first kappa shape index (κ1) is 12.1. The Morgan fingerprint density at radius 3 is 3.00 bits per heavy atom. The molecule has 92 valence electrons. The van der Waals surface area contributed by atoms with Crippen molar-refractivity contribution >= 4 is 5.97 Å². The van der Waals surface area contributed by atoms with E-state index >= 15 is 0 Å². The largest absolute Gasteiger partial charge is 0.466 e. The highest BCUT2D eigenvalue weighted by Gasteiger charge is 2.26. The maximum absolute atomic E-state index is 11.6. The molecule has 0 radical (unpaired) electrons. The van der Waals surface area contributed by atoms with Crippen LogP contribution in [0.15, 0.2) is 24.3 Å². The van der Waals surface area contributed by atoms with Gasteiger partial charge in [0.05, 0.1) is 13.0 Å². The molecule has 2 rings (SSSR count). The number of benzene rings is 1. The quantitative estimate of drug-likeness (QED) is 0.812. The number of rotatable bonds is 3. The summed E-state index contributed by atoms with van der Waals surface area (Å²) in [5.74, 6) is 0.0930. The molecule has 0 saturated carbocycles. The predicted molar refractivity (Wildman–Crippen MR) is 66.7 cm³/mol. The molecular weight excluding hydrogens is 214 g/mol. The van der Waals surface area contributed by atoms with Crippen molar-refractivity contribution in [3.05, 3.63) is 35.4 Å². The molecule has 1 aromatic carbocycles. The number of carbonyl (C=O) groups excluding carboxylic acids is 1. The van der Waals surface area contributed by atoms with Gasteiger partial charge < -0.3 is 10.5 Å². The minimum absolute atomic E-state index is 0.124. The lowest BCUT2D eigenvalue weighted by Gasteiger charge is -2.29. The minimum atomic E-state index is -0.124. The second kappa shape index (κ2) is 5.32. The third kappa shape index (κ3) is 2.86. The number of carbonyl (C=O) groups is 1. The lowest BCUT2D eigenvalue weighted by atomic mass is 9.79. The van der Waals surface area contributed by atoms with E-state index in [0.717, 1.165) is 12.8 Å². The maximum Gasteiger partial charge on any atom is 0.306 e. The number of hydrogen-bond acceptors (Lipinski definition) is 3. The van der Waals surface area contributed by atoms with Crippen molar-refractivity contribution < 1.29 is 9.53 Å². The molecule has 0 unspecified atom stereocenters. The number of esters is 1. The zero-order valence-electron chi connectivity index (χ0n) is 10.2. The summed E-state index contributed by atoms with van der Waals surface area (Å²) in [4.78, 5) is 11.6. The van der Waals surface area contributed by atoms with Crippen LogP contribution in [-0.4, -0.2) is 18.6 Å². The second-order valence-corrected chi connectivity index (χ2v) is 4.60. The van der Waals surface area contributed by atoms with Crippen molar-refractivity contribution in [2.24, 2.45) is 5.73 Å². The Balaban J connectivity index is 2.15. The number of ether oxygens (including phenoxy) is 1. The fourth-order valence-electron chi connectivity index (χ4n) is 2.59. The van der Waals surface area contributed by atoms with E-state index < -0.39 is 0 Å². The van der Waals surface area contributed by atoms with Gasteiger partial charge in [0.2, 0.25) is 0 Å². The Morgan fingerprint density at radius 1 is 1.47 bits per heavy atom. The van der Waals surface area contributed by atoms with Gasteiger partial charge >= 0.3 is 5.97 Å². The van der Waals surface area contributed by atoms with Crippen LogP contribution in [0.1, 0.15) is 36.8 Å². The van der Waals surface area contributed by atoms with Crippen molar-refractivity contribution in [1.82, 2.24) is 0 Å². The average Bonchev–Trinajstić information content (AvgIpc) is 2.29. The van der Waals surface area contributed by atoms with Gasteiger partial charge in [0.15, 0.2) is 0 Å². The molecule has 2 atom stereocenters. The highest BCUT2D eigenvalue weighted by Crippen LogP contribution is 2.33. The fraction of sp³-hybridized carbons (Fsp3) is 0.500. The first-order valence-electron chi connectivity index (χ1n) is 6.19. The second-order valence-electron chi connectivity index (χ2n) is 4.60. The Kier molecular flexibility index (Phi) is 3.79. The predicted octanol–water partition coefficient (Wildman–Crippen LogP) is 2.00. The summed E-state index contributed by atoms with van der Waals surface area (Å²) < 4.78 is 5.02. The molecule has 3 heteroatoms. The van der Waals surface area contributed by atoms with Gasteiger partial charge in [-0.1, -0.05) is 24.3 Å². The smallest absolute Gasteiger partial charge is 0.306 e.